The van der Waals surface area contributed by atoms with E-state index in [4.69, 9.17) is 0 Å². The van der Waals surface area contributed by atoms with Crippen molar-refractivity contribution in [2.75, 3.05) is 14.2 Å². The van der Waals surface area contributed by atoms with Crippen molar-refractivity contribution in [3.63, 3.8) is 0 Å². The van der Waals surface area contributed by atoms with Crippen LogP contribution in [0, 0.1) is 5.92 Å². The number of nitrogens with zero attached hydrogens (tertiary/aromatic N) is 1. The Balaban J connectivity index is 1.92. The number of esters is 1. The van der Waals surface area contributed by atoms with Crippen molar-refractivity contribution >= 4 is 5.97 Å². The third-order valence-corrected chi connectivity index (χ3v) is 3.34. The molecule has 1 unspecified atom stereocenters. The highest BCUT2D eigenvalue weighted by molar-refractivity contribution is 5.68. The van der Waals surface area contributed by atoms with Crippen molar-refractivity contribution in [1.82, 2.24) is 9.88 Å². The second-order valence-electron chi connectivity index (χ2n) is 4.61. The maximum atomic E-state index is 11.1. The first kappa shape index (κ1) is 12.2. The summed E-state index contributed by atoms with van der Waals surface area (Å²) in [6.07, 6.45) is 7.23. The van der Waals surface area contributed by atoms with Crippen molar-refractivity contribution in [3.05, 3.63) is 24.0 Å². The maximum Gasteiger partial charge on any atom is 0.307 e. The van der Waals surface area contributed by atoms with Crippen LogP contribution >= 0.6 is 0 Å². The molecule has 1 heterocycles. The van der Waals surface area contributed by atoms with Crippen LogP contribution in [0.1, 0.15) is 30.9 Å². The molecule has 0 aliphatic heterocycles. The number of carbonyl (C=O) groups excluding carboxylic acids is 1. The highest BCUT2D eigenvalue weighted by Gasteiger charge is 2.31. The van der Waals surface area contributed by atoms with Crippen LogP contribution in [0.15, 0.2) is 18.5 Å². The van der Waals surface area contributed by atoms with Gasteiger partial charge in [-0.3, -0.25) is 4.79 Å². The first-order valence-corrected chi connectivity index (χ1v) is 6.14. The lowest BCUT2D eigenvalue weighted by atomic mass is 10.1. The molecule has 4 heteroatoms. The molecule has 1 aliphatic carbocycles. The van der Waals surface area contributed by atoms with Crippen molar-refractivity contribution < 1.29 is 9.53 Å². The van der Waals surface area contributed by atoms with E-state index in [1.807, 2.05) is 13.2 Å². The summed E-state index contributed by atoms with van der Waals surface area (Å²) in [5, 5.41) is 3.36. The summed E-state index contributed by atoms with van der Waals surface area (Å²) < 4.78 is 6.69. The van der Waals surface area contributed by atoms with Gasteiger partial charge in [-0.2, -0.15) is 0 Å². The number of methoxy groups -OCH3 is 1. The monoisotopic (exact) mass is 236 g/mol. The third-order valence-electron chi connectivity index (χ3n) is 3.34. The van der Waals surface area contributed by atoms with E-state index in [0.29, 0.717) is 19.0 Å². The van der Waals surface area contributed by atoms with Crippen LogP contribution in [0.4, 0.5) is 0 Å². The molecule has 0 saturated heterocycles. The molecule has 4 nitrogen and oxygen atoms in total. The fourth-order valence-electron chi connectivity index (χ4n) is 2.21. The van der Waals surface area contributed by atoms with Gasteiger partial charge in [0, 0.05) is 25.0 Å². The van der Waals surface area contributed by atoms with Crippen LogP contribution in [0.2, 0.25) is 0 Å². The van der Waals surface area contributed by atoms with Gasteiger partial charge < -0.3 is 14.6 Å². The van der Waals surface area contributed by atoms with Gasteiger partial charge in [-0.25, -0.2) is 0 Å². The molecule has 94 valence electrons. The molecule has 0 spiro atoms. The lowest BCUT2D eigenvalue weighted by molar-refractivity contribution is -0.140. The van der Waals surface area contributed by atoms with Gasteiger partial charge in [-0.15, -0.1) is 0 Å². The Morgan fingerprint density at radius 2 is 2.41 bits per heavy atom. The Kier molecular flexibility index (Phi) is 3.84. The number of aryl methyl sites for hydroxylation is 1. The first-order chi connectivity index (χ1) is 8.24. The molecule has 0 bridgehead atoms. The largest absolute Gasteiger partial charge is 0.469 e. The Morgan fingerprint density at radius 3 is 3.00 bits per heavy atom. The van der Waals surface area contributed by atoms with Crippen LogP contribution in [-0.4, -0.2) is 24.7 Å². The summed E-state index contributed by atoms with van der Waals surface area (Å²) in [6.45, 7) is 0.688. The molecular formula is C13H20N2O2. The van der Waals surface area contributed by atoms with E-state index in [2.05, 4.69) is 26.9 Å². The van der Waals surface area contributed by atoms with Gasteiger partial charge in [-0.05, 0) is 37.4 Å². The summed E-state index contributed by atoms with van der Waals surface area (Å²) in [4.78, 5) is 11.1. The van der Waals surface area contributed by atoms with E-state index in [9.17, 15) is 4.79 Å². The molecule has 1 atom stereocenters. The number of carbonyl (C=O) groups is 1. The second kappa shape index (κ2) is 5.36. The average Bonchev–Trinajstić information content (AvgIpc) is 3.06. The lowest BCUT2D eigenvalue weighted by Gasteiger charge is -2.13. The zero-order chi connectivity index (χ0) is 12.3. The van der Waals surface area contributed by atoms with Crippen LogP contribution < -0.4 is 5.32 Å². The van der Waals surface area contributed by atoms with Gasteiger partial charge in [0.1, 0.15) is 0 Å². The van der Waals surface area contributed by atoms with Gasteiger partial charge >= 0.3 is 5.97 Å². The van der Waals surface area contributed by atoms with Crippen molar-refractivity contribution in [1.29, 1.82) is 0 Å². The van der Waals surface area contributed by atoms with Crippen LogP contribution in [-0.2, 0) is 16.1 Å². The topological polar surface area (TPSA) is 43.3 Å². The normalized spacial score (nSPS) is 16.8. The highest BCUT2D eigenvalue weighted by atomic mass is 16.5. The smallest absolute Gasteiger partial charge is 0.307 e. The number of rotatable bonds is 6. The molecule has 1 saturated carbocycles. The summed E-state index contributed by atoms with van der Waals surface area (Å²) in [7, 11) is 3.43. The number of aromatic nitrogens is 1. The molecule has 1 aromatic heterocycles. The van der Waals surface area contributed by atoms with E-state index < -0.39 is 0 Å². The molecule has 1 N–H and O–H groups in total. The molecule has 0 radical (unpaired) electrons. The van der Waals surface area contributed by atoms with Crippen LogP contribution in [0.25, 0.3) is 0 Å². The Bertz CT molecular complexity index is 383. The van der Waals surface area contributed by atoms with Gasteiger partial charge in [-0.1, -0.05) is 0 Å². The minimum Gasteiger partial charge on any atom is -0.469 e. The van der Waals surface area contributed by atoms with E-state index in [0.717, 1.165) is 5.92 Å². The molecule has 0 amide bonds. The summed E-state index contributed by atoms with van der Waals surface area (Å²) in [5.74, 6) is 0.629. The standard InChI is InChI=1S/C13H20N2O2/c1-14-13(10-3-4-10)11-5-7-15(9-11)8-6-12(16)17-2/h5,7,9-10,13-14H,3-4,6,8H2,1-2H3. The quantitative estimate of drug-likeness (QED) is 0.765. The summed E-state index contributed by atoms with van der Waals surface area (Å²) >= 11 is 0. The third kappa shape index (κ3) is 3.09. The molecule has 1 fully saturated rings. The minimum atomic E-state index is -0.160. The summed E-state index contributed by atoms with van der Waals surface area (Å²) in [6, 6.07) is 2.60. The zero-order valence-electron chi connectivity index (χ0n) is 10.5. The second-order valence-corrected chi connectivity index (χ2v) is 4.61. The van der Waals surface area contributed by atoms with Gasteiger partial charge in [0.15, 0.2) is 0 Å². The Labute approximate surface area is 102 Å². The number of hydrogen-bond donors (Lipinski definition) is 1. The van der Waals surface area contributed by atoms with Gasteiger partial charge in [0.05, 0.1) is 13.5 Å². The predicted molar refractivity (Wildman–Crippen MR) is 65.6 cm³/mol. The minimum absolute atomic E-state index is 0.160. The molecular weight excluding hydrogens is 216 g/mol. The lowest BCUT2D eigenvalue weighted by Crippen LogP contribution is -2.17. The van der Waals surface area contributed by atoms with Gasteiger partial charge in [0.2, 0.25) is 0 Å². The maximum absolute atomic E-state index is 11.1. The highest BCUT2D eigenvalue weighted by Crippen LogP contribution is 2.40. The fraction of sp³-hybridized carbons (Fsp3) is 0.615. The SMILES string of the molecule is CNC(c1ccn(CCC(=O)OC)c1)C1CC1. The van der Waals surface area contributed by atoms with E-state index in [1.165, 1.54) is 25.5 Å². The fourth-order valence-corrected chi connectivity index (χ4v) is 2.21. The molecule has 0 aromatic carbocycles. The number of nitrogens with one attached hydrogen (secondary N) is 1. The molecule has 2 rings (SSSR count). The van der Waals surface area contributed by atoms with Crippen molar-refractivity contribution in [2.24, 2.45) is 5.92 Å². The summed E-state index contributed by atoms with van der Waals surface area (Å²) in [5.41, 5.74) is 1.32. The Morgan fingerprint density at radius 1 is 1.65 bits per heavy atom. The Hall–Kier alpha value is -1.29. The van der Waals surface area contributed by atoms with Crippen LogP contribution in [0.3, 0.4) is 0 Å². The predicted octanol–water partition coefficient (Wildman–Crippen LogP) is 1.72. The van der Waals surface area contributed by atoms with E-state index in [1.54, 1.807) is 0 Å². The van der Waals surface area contributed by atoms with Crippen molar-refractivity contribution in [2.45, 2.75) is 31.8 Å². The van der Waals surface area contributed by atoms with Crippen molar-refractivity contribution in [3.8, 4) is 0 Å². The zero-order valence-corrected chi connectivity index (χ0v) is 10.5. The van der Waals surface area contributed by atoms with Crippen LogP contribution in [0.5, 0.6) is 0 Å². The first-order valence-electron chi connectivity index (χ1n) is 6.14. The average molecular weight is 236 g/mol. The van der Waals surface area contributed by atoms with Gasteiger partial charge in [0.25, 0.3) is 0 Å². The number of hydrogen-bond acceptors (Lipinski definition) is 3. The molecule has 1 aliphatic rings. The molecule has 1 aromatic rings. The van der Waals surface area contributed by atoms with E-state index in [-0.39, 0.29) is 5.97 Å². The van der Waals surface area contributed by atoms with E-state index >= 15 is 0 Å². The molecule has 17 heavy (non-hydrogen) atoms. The number of ether oxygens (including phenoxy) is 1.